The molecule has 1 saturated carbocycles. The largest absolute Gasteiger partial charge is 0.433 e. The van der Waals surface area contributed by atoms with Gasteiger partial charge in [0.2, 0.25) is 0 Å². The molecule has 0 amide bonds. The maximum atomic E-state index is 12.6. The number of pyridine rings is 1. The predicted octanol–water partition coefficient (Wildman–Crippen LogP) is 3.67. The van der Waals surface area contributed by atoms with Crippen LogP contribution in [-0.2, 0) is 6.18 Å². The molecule has 0 radical (unpaired) electrons. The molecule has 1 aromatic rings. The van der Waals surface area contributed by atoms with Crippen LogP contribution < -0.4 is 11.1 Å². The maximum Gasteiger partial charge on any atom is 0.433 e. The van der Waals surface area contributed by atoms with Crippen molar-refractivity contribution in [1.82, 2.24) is 4.98 Å². The average molecular weight is 273 g/mol. The van der Waals surface area contributed by atoms with Gasteiger partial charge in [-0.1, -0.05) is 13.3 Å². The van der Waals surface area contributed by atoms with Crippen LogP contribution in [0.15, 0.2) is 12.3 Å². The van der Waals surface area contributed by atoms with Crippen molar-refractivity contribution in [3.05, 3.63) is 18.0 Å². The Kier molecular flexibility index (Phi) is 3.60. The van der Waals surface area contributed by atoms with E-state index in [1.54, 1.807) is 0 Å². The molecule has 1 heterocycles. The Hall–Kier alpha value is -1.46. The van der Waals surface area contributed by atoms with Gasteiger partial charge in [0.15, 0.2) is 0 Å². The molecule has 6 heteroatoms. The van der Waals surface area contributed by atoms with Gasteiger partial charge >= 0.3 is 6.18 Å². The van der Waals surface area contributed by atoms with Gasteiger partial charge in [0.25, 0.3) is 0 Å². The highest BCUT2D eigenvalue weighted by Gasteiger charge is 2.36. The highest BCUT2D eigenvalue weighted by Crippen LogP contribution is 2.44. The number of nitrogens with one attached hydrogen (secondary N) is 1. The van der Waals surface area contributed by atoms with Crippen molar-refractivity contribution in [2.45, 2.75) is 38.8 Å². The third-order valence-electron chi connectivity index (χ3n) is 4.04. The minimum Gasteiger partial charge on any atom is -0.396 e. The van der Waals surface area contributed by atoms with Crippen LogP contribution in [0.3, 0.4) is 0 Å². The van der Waals surface area contributed by atoms with E-state index in [1.165, 1.54) is 6.42 Å². The van der Waals surface area contributed by atoms with Crippen molar-refractivity contribution in [1.29, 1.82) is 0 Å². The van der Waals surface area contributed by atoms with E-state index in [0.29, 0.717) is 12.2 Å². The second-order valence-corrected chi connectivity index (χ2v) is 5.22. The average Bonchev–Trinajstić information content (AvgIpc) is 2.29. The Labute approximate surface area is 110 Å². The first kappa shape index (κ1) is 14.0. The van der Waals surface area contributed by atoms with Gasteiger partial charge < -0.3 is 11.1 Å². The van der Waals surface area contributed by atoms with Crippen LogP contribution in [-0.4, -0.2) is 11.5 Å². The number of nitrogen functional groups attached to an aromatic ring is 1. The fourth-order valence-corrected chi connectivity index (χ4v) is 2.39. The number of aromatic nitrogens is 1. The van der Waals surface area contributed by atoms with Crippen molar-refractivity contribution in [3.8, 4) is 0 Å². The lowest BCUT2D eigenvalue weighted by Gasteiger charge is -2.41. The summed E-state index contributed by atoms with van der Waals surface area (Å²) >= 11 is 0. The number of alkyl halides is 3. The second kappa shape index (κ2) is 4.90. The number of hydrogen-bond acceptors (Lipinski definition) is 3. The smallest absolute Gasteiger partial charge is 0.396 e. The van der Waals surface area contributed by atoms with Gasteiger partial charge in [0, 0.05) is 6.54 Å². The molecule has 0 unspecified atom stereocenters. The fraction of sp³-hybridized carbons (Fsp3) is 0.615. The molecule has 0 aromatic carbocycles. The molecule has 1 aliphatic carbocycles. The summed E-state index contributed by atoms with van der Waals surface area (Å²) < 4.78 is 37.8. The molecule has 3 N–H and O–H groups in total. The zero-order valence-electron chi connectivity index (χ0n) is 10.8. The van der Waals surface area contributed by atoms with E-state index in [4.69, 9.17) is 5.73 Å². The van der Waals surface area contributed by atoms with E-state index in [1.807, 2.05) is 0 Å². The third-order valence-corrected chi connectivity index (χ3v) is 4.04. The second-order valence-electron chi connectivity index (χ2n) is 5.22. The summed E-state index contributed by atoms with van der Waals surface area (Å²) in [6.07, 6.45) is 1.07. The minimum absolute atomic E-state index is 0.216. The van der Waals surface area contributed by atoms with Crippen LogP contribution in [0.4, 0.5) is 24.5 Å². The van der Waals surface area contributed by atoms with Crippen LogP contribution in [0.5, 0.6) is 0 Å². The zero-order valence-corrected chi connectivity index (χ0v) is 10.8. The van der Waals surface area contributed by atoms with Gasteiger partial charge in [0.1, 0.15) is 5.69 Å². The third kappa shape index (κ3) is 2.93. The van der Waals surface area contributed by atoms with Gasteiger partial charge in [-0.05, 0) is 30.7 Å². The monoisotopic (exact) mass is 273 g/mol. The SMILES string of the molecule is CCC1(CNc2cc(C(F)(F)F)ncc2N)CCC1. The van der Waals surface area contributed by atoms with Crippen LogP contribution in [0.2, 0.25) is 0 Å². The van der Waals surface area contributed by atoms with Crippen molar-refractivity contribution in [2.75, 3.05) is 17.6 Å². The number of rotatable bonds is 4. The van der Waals surface area contributed by atoms with Crippen LogP contribution in [0, 0.1) is 5.41 Å². The summed E-state index contributed by atoms with van der Waals surface area (Å²) in [7, 11) is 0. The molecular weight excluding hydrogens is 255 g/mol. The number of nitrogens with two attached hydrogens (primary N) is 1. The summed E-state index contributed by atoms with van der Waals surface area (Å²) in [5.41, 5.74) is 5.54. The normalized spacial score (nSPS) is 17.9. The minimum atomic E-state index is -4.44. The summed E-state index contributed by atoms with van der Waals surface area (Å²) in [6, 6.07) is 0.983. The van der Waals surface area contributed by atoms with E-state index in [9.17, 15) is 13.2 Å². The first-order chi connectivity index (χ1) is 8.86. The van der Waals surface area contributed by atoms with Crippen molar-refractivity contribution in [2.24, 2.45) is 5.41 Å². The molecule has 0 atom stereocenters. The number of hydrogen-bond donors (Lipinski definition) is 2. The molecule has 1 aromatic heterocycles. The Morgan fingerprint density at radius 1 is 1.42 bits per heavy atom. The summed E-state index contributed by atoms with van der Waals surface area (Å²) in [4.78, 5) is 3.32. The lowest BCUT2D eigenvalue weighted by molar-refractivity contribution is -0.141. The highest BCUT2D eigenvalue weighted by molar-refractivity contribution is 5.65. The van der Waals surface area contributed by atoms with Crippen LogP contribution in [0.25, 0.3) is 0 Å². The van der Waals surface area contributed by atoms with Crippen molar-refractivity contribution in [3.63, 3.8) is 0 Å². The lowest BCUT2D eigenvalue weighted by Crippen LogP contribution is -2.36. The molecule has 0 bridgehead atoms. The van der Waals surface area contributed by atoms with Gasteiger partial charge in [-0.25, -0.2) is 4.98 Å². The standard InChI is InChI=1S/C13H18F3N3/c1-2-12(4-3-5-12)8-19-10-6-11(13(14,15)16)18-7-9(10)17/h6-7H,2-5,8,17H2,1H3,(H,18,19). The molecule has 1 aliphatic rings. The first-order valence-electron chi connectivity index (χ1n) is 6.43. The molecule has 3 nitrogen and oxygen atoms in total. The Morgan fingerprint density at radius 3 is 2.58 bits per heavy atom. The quantitative estimate of drug-likeness (QED) is 0.880. The Morgan fingerprint density at radius 2 is 2.11 bits per heavy atom. The summed E-state index contributed by atoms with van der Waals surface area (Å²) in [5, 5.41) is 3.05. The molecule has 0 spiro atoms. The molecule has 1 fully saturated rings. The number of nitrogens with zero attached hydrogens (tertiary/aromatic N) is 1. The molecule has 19 heavy (non-hydrogen) atoms. The van der Waals surface area contributed by atoms with E-state index in [2.05, 4.69) is 17.2 Å². The van der Waals surface area contributed by atoms with E-state index in [-0.39, 0.29) is 11.1 Å². The maximum absolute atomic E-state index is 12.6. The predicted molar refractivity (Wildman–Crippen MR) is 68.7 cm³/mol. The van der Waals surface area contributed by atoms with Gasteiger partial charge in [-0.15, -0.1) is 0 Å². The topological polar surface area (TPSA) is 50.9 Å². The summed E-state index contributed by atoms with van der Waals surface area (Å²) in [6.45, 7) is 2.77. The van der Waals surface area contributed by atoms with Crippen LogP contribution in [0.1, 0.15) is 38.3 Å². The molecule has 106 valence electrons. The molecule has 0 aliphatic heterocycles. The van der Waals surface area contributed by atoms with Gasteiger partial charge in [0.05, 0.1) is 17.6 Å². The number of anilines is 2. The Bertz CT molecular complexity index is 447. The van der Waals surface area contributed by atoms with E-state index >= 15 is 0 Å². The molecule has 2 rings (SSSR count). The van der Waals surface area contributed by atoms with E-state index < -0.39 is 11.9 Å². The Balaban J connectivity index is 2.11. The lowest BCUT2D eigenvalue weighted by atomic mass is 9.67. The van der Waals surface area contributed by atoms with Crippen LogP contribution >= 0.6 is 0 Å². The summed E-state index contributed by atoms with van der Waals surface area (Å²) in [5.74, 6) is 0. The molecule has 0 saturated heterocycles. The number of halogens is 3. The first-order valence-corrected chi connectivity index (χ1v) is 6.43. The highest BCUT2D eigenvalue weighted by atomic mass is 19.4. The van der Waals surface area contributed by atoms with Gasteiger partial charge in [-0.2, -0.15) is 13.2 Å². The fourth-order valence-electron chi connectivity index (χ4n) is 2.39. The van der Waals surface area contributed by atoms with Crippen molar-refractivity contribution < 1.29 is 13.2 Å². The van der Waals surface area contributed by atoms with Gasteiger partial charge in [-0.3, -0.25) is 0 Å². The van der Waals surface area contributed by atoms with E-state index in [0.717, 1.165) is 31.5 Å². The van der Waals surface area contributed by atoms with Crippen molar-refractivity contribution >= 4 is 11.4 Å². The zero-order chi connectivity index (χ0) is 14.1. The molecular formula is C13H18F3N3.